The molecule has 1 saturated carbocycles. The minimum Gasteiger partial charge on any atom is -0.383 e. The topological polar surface area (TPSA) is 91.2 Å². The molecule has 2 aromatic heterocycles. The highest BCUT2D eigenvalue weighted by atomic mass is 32.1. The van der Waals surface area contributed by atoms with Gasteiger partial charge < -0.3 is 15.3 Å². The predicted molar refractivity (Wildman–Crippen MR) is 168 cm³/mol. The number of thiazole rings is 1. The fourth-order valence-corrected chi connectivity index (χ4v) is 7.49. The number of carbonyl (C=O) groups is 1. The van der Waals surface area contributed by atoms with Crippen LogP contribution in [0, 0.1) is 18.8 Å². The lowest BCUT2D eigenvalue weighted by Crippen LogP contribution is -2.44. The largest absolute Gasteiger partial charge is 0.433 e. The van der Waals surface area contributed by atoms with Gasteiger partial charge in [0.15, 0.2) is 0 Å². The lowest BCUT2D eigenvalue weighted by Gasteiger charge is -2.38. The average molecular weight is 636 g/mol. The molecule has 6 rings (SSSR count). The maximum Gasteiger partial charge on any atom is 0.433 e. The first-order valence-corrected chi connectivity index (χ1v) is 16.2. The van der Waals surface area contributed by atoms with Crippen molar-refractivity contribution in [2.45, 2.75) is 63.6 Å². The van der Waals surface area contributed by atoms with Crippen molar-refractivity contribution >= 4 is 28.9 Å². The first-order chi connectivity index (χ1) is 21.6. The number of aliphatic hydroxyl groups is 1. The summed E-state index contributed by atoms with van der Waals surface area (Å²) in [6.07, 6.45) is 3.47. The monoisotopic (exact) mass is 635 g/mol. The van der Waals surface area contributed by atoms with Crippen molar-refractivity contribution in [3.8, 4) is 10.4 Å². The number of benzene rings is 2. The van der Waals surface area contributed by atoms with Gasteiger partial charge in [0.1, 0.15) is 16.3 Å². The van der Waals surface area contributed by atoms with E-state index in [0.717, 1.165) is 60.6 Å². The predicted octanol–water partition coefficient (Wildman–Crippen LogP) is 7.53. The maximum atomic E-state index is 13.4. The van der Waals surface area contributed by atoms with Gasteiger partial charge in [-0.1, -0.05) is 36.4 Å². The minimum atomic E-state index is -4.57. The smallest absolute Gasteiger partial charge is 0.383 e. The van der Waals surface area contributed by atoms with Crippen molar-refractivity contribution in [2.75, 3.05) is 18.4 Å². The second kappa shape index (κ2) is 12.9. The van der Waals surface area contributed by atoms with Gasteiger partial charge >= 0.3 is 6.18 Å². The van der Waals surface area contributed by atoms with E-state index in [0.29, 0.717) is 42.3 Å². The van der Waals surface area contributed by atoms with Crippen LogP contribution in [0.25, 0.3) is 10.4 Å². The van der Waals surface area contributed by atoms with E-state index in [9.17, 15) is 23.1 Å². The molecule has 11 heteroatoms. The average Bonchev–Trinajstić information content (AvgIpc) is 3.53. The number of hydrogen-bond acceptors (Lipinski definition) is 7. The number of amides is 1. The third-order valence-corrected chi connectivity index (χ3v) is 10.2. The van der Waals surface area contributed by atoms with Gasteiger partial charge in [-0.15, -0.1) is 11.3 Å². The van der Waals surface area contributed by atoms with E-state index in [4.69, 9.17) is 0 Å². The minimum absolute atomic E-state index is 0.0844. The summed E-state index contributed by atoms with van der Waals surface area (Å²) in [6, 6.07) is 16.9. The second-order valence-corrected chi connectivity index (χ2v) is 13.3. The Bertz CT molecular complexity index is 1630. The molecule has 4 aromatic rings. The Morgan fingerprint density at radius 2 is 1.78 bits per heavy atom. The number of hydrogen-bond donors (Lipinski definition) is 2. The Morgan fingerprint density at radius 3 is 2.49 bits per heavy atom. The number of nitrogens with zero attached hydrogens (tertiary/aromatic N) is 4. The Labute approximate surface area is 264 Å². The Kier molecular flexibility index (Phi) is 8.92. The number of rotatable bonds is 7. The van der Waals surface area contributed by atoms with Crippen LogP contribution >= 0.6 is 11.3 Å². The van der Waals surface area contributed by atoms with Crippen LogP contribution in [0.5, 0.6) is 0 Å². The molecule has 236 valence electrons. The summed E-state index contributed by atoms with van der Waals surface area (Å²) >= 11 is 1.40. The number of carbonyl (C=O) groups excluding carboxylic acids is 1. The van der Waals surface area contributed by atoms with Crippen molar-refractivity contribution in [1.29, 1.82) is 0 Å². The molecule has 0 atom stereocenters. The number of aromatic nitrogens is 3. The summed E-state index contributed by atoms with van der Waals surface area (Å²) in [7, 11) is 0. The molecule has 2 N–H and O–H groups in total. The maximum absolute atomic E-state index is 13.4. The zero-order valence-electron chi connectivity index (χ0n) is 25.1. The number of anilines is 2. The standard InChI is InChI=1S/C34H36F3N5O2S/c1-22-17-26(20-27(18-22)40-32-38-14-9-29(41-32)34(35,36)37)28-21-39-31(45-28)33(44)12-7-25(8-13-33)30(43)42-15-10-24(11-16-42)19-23-5-3-2-4-6-23/h2-6,9,14,17-18,20-21,24-25,44H,7-8,10-13,15-16,19H2,1H3,(H,38,40,41). The molecule has 1 saturated heterocycles. The van der Waals surface area contributed by atoms with E-state index < -0.39 is 17.5 Å². The number of likely N-dealkylation sites (tertiary alicyclic amines) is 1. The first-order valence-electron chi connectivity index (χ1n) is 15.4. The number of aryl methyl sites for hydroxylation is 1. The van der Waals surface area contributed by atoms with Gasteiger partial charge in [0, 0.05) is 37.1 Å². The fourth-order valence-electron chi connectivity index (χ4n) is 6.45. The van der Waals surface area contributed by atoms with E-state index in [1.54, 1.807) is 18.3 Å². The molecule has 0 unspecified atom stereocenters. The van der Waals surface area contributed by atoms with Crippen LogP contribution in [0.3, 0.4) is 0 Å². The first kappa shape index (κ1) is 31.2. The zero-order chi connectivity index (χ0) is 31.6. The highest BCUT2D eigenvalue weighted by Crippen LogP contribution is 2.43. The molecule has 45 heavy (non-hydrogen) atoms. The Balaban J connectivity index is 1.06. The lowest BCUT2D eigenvalue weighted by molar-refractivity contribution is -0.141. The molecule has 0 bridgehead atoms. The van der Waals surface area contributed by atoms with Crippen LogP contribution in [0.1, 0.15) is 60.4 Å². The van der Waals surface area contributed by atoms with E-state index >= 15 is 0 Å². The number of alkyl halides is 3. The molecule has 7 nitrogen and oxygen atoms in total. The van der Waals surface area contributed by atoms with Crippen molar-refractivity contribution < 1.29 is 23.1 Å². The highest BCUT2D eigenvalue weighted by molar-refractivity contribution is 7.15. The van der Waals surface area contributed by atoms with Gasteiger partial charge in [-0.3, -0.25) is 4.79 Å². The fraction of sp³-hybridized carbons (Fsp3) is 0.412. The van der Waals surface area contributed by atoms with Gasteiger partial charge in [0.25, 0.3) is 0 Å². The summed E-state index contributed by atoms with van der Waals surface area (Å²) in [4.78, 5) is 28.3. The number of piperidine rings is 1. The molecule has 1 aliphatic heterocycles. The summed E-state index contributed by atoms with van der Waals surface area (Å²) < 4.78 is 39.3. The van der Waals surface area contributed by atoms with Crippen LogP contribution in [0.15, 0.2) is 67.0 Å². The summed E-state index contributed by atoms with van der Waals surface area (Å²) in [5.74, 6) is 0.572. The van der Waals surface area contributed by atoms with Crippen LogP contribution in [-0.4, -0.2) is 44.0 Å². The van der Waals surface area contributed by atoms with Gasteiger partial charge in [-0.2, -0.15) is 13.2 Å². The van der Waals surface area contributed by atoms with E-state index in [2.05, 4.69) is 44.5 Å². The molecule has 3 heterocycles. The highest BCUT2D eigenvalue weighted by Gasteiger charge is 2.41. The van der Waals surface area contributed by atoms with E-state index in [-0.39, 0.29) is 17.8 Å². The van der Waals surface area contributed by atoms with Crippen molar-refractivity contribution in [2.24, 2.45) is 11.8 Å². The SMILES string of the molecule is Cc1cc(Nc2nccc(C(F)(F)F)n2)cc(-c2cnc(C3(O)CCC(C(=O)N4CCC(Cc5ccccc5)CC4)CC3)s2)c1. The van der Waals surface area contributed by atoms with Crippen LogP contribution in [0.2, 0.25) is 0 Å². The normalized spacial score (nSPS) is 21.1. The van der Waals surface area contributed by atoms with Gasteiger partial charge in [-0.25, -0.2) is 15.0 Å². The van der Waals surface area contributed by atoms with E-state index in [1.807, 2.05) is 24.0 Å². The second-order valence-electron chi connectivity index (χ2n) is 12.3. The molecule has 1 aliphatic carbocycles. The number of nitrogens with one attached hydrogen (secondary N) is 1. The molecular weight excluding hydrogens is 599 g/mol. The Morgan fingerprint density at radius 1 is 1.04 bits per heavy atom. The number of halogens is 3. The van der Waals surface area contributed by atoms with Gasteiger partial charge in [0.2, 0.25) is 11.9 Å². The molecular formula is C34H36F3N5O2S. The Hall–Kier alpha value is -3.83. The van der Waals surface area contributed by atoms with Crippen molar-refractivity contribution in [1.82, 2.24) is 19.9 Å². The van der Waals surface area contributed by atoms with Crippen LogP contribution in [-0.2, 0) is 23.0 Å². The third-order valence-electron chi connectivity index (χ3n) is 8.92. The molecule has 1 amide bonds. The summed E-state index contributed by atoms with van der Waals surface area (Å²) in [5, 5.41) is 15.1. The molecule has 0 spiro atoms. The third kappa shape index (κ3) is 7.36. The van der Waals surface area contributed by atoms with E-state index in [1.165, 1.54) is 16.9 Å². The lowest BCUT2D eigenvalue weighted by atomic mass is 9.78. The van der Waals surface area contributed by atoms with Gasteiger partial charge in [-0.05, 0) is 92.7 Å². The molecule has 2 aliphatic rings. The quantitative estimate of drug-likeness (QED) is 0.218. The summed E-state index contributed by atoms with van der Waals surface area (Å²) in [6.45, 7) is 3.47. The molecule has 0 radical (unpaired) electrons. The van der Waals surface area contributed by atoms with Gasteiger partial charge in [0.05, 0.1) is 4.88 Å². The molecule has 2 aromatic carbocycles. The summed E-state index contributed by atoms with van der Waals surface area (Å²) in [5.41, 5.74) is 1.48. The zero-order valence-corrected chi connectivity index (χ0v) is 25.9. The van der Waals surface area contributed by atoms with Crippen LogP contribution < -0.4 is 5.32 Å². The van der Waals surface area contributed by atoms with Crippen molar-refractivity contribution in [3.63, 3.8) is 0 Å². The van der Waals surface area contributed by atoms with Crippen LogP contribution in [0.4, 0.5) is 24.8 Å². The van der Waals surface area contributed by atoms with Crippen molar-refractivity contribution in [3.05, 3.63) is 88.8 Å². The molecule has 2 fully saturated rings.